The van der Waals surface area contributed by atoms with E-state index in [2.05, 4.69) is 5.16 Å². The minimum atomic E-state index is -0.666. The van der Waals surface area contributed by atoms with Crippen LogP contribution in [0, 0.1) is 12.7 Å². The van der Waals surface area contributed by atoms with Gasteiger partial charge in [0.2, 0.25) is 5.96 Å². The van der Waals surface area contributed by atoms with Gasteiger partial charge in [0.25, 0.3) is 0 Å². The van der Waals surface area contributed by atoms with E-state index < -0.39 is 11.8 Å². The second-order valence-electron chi connectivity index (χ2n) is 5.82. The van der Waals surface area contributed by atoms with Crippen LogP contribution in [0.2, 0.25) is 5.02 Å². The lowest BCUT2D eigenvalue weighted by atomic mass is 10.2. The van der Waals surface area contributed by atoms with Crippen LogP contribution in [0.4, 0.5) is 4.39 Å². The van der Waals surface area contributed by atoms with Crippen LogP contribution in [0.15, 0.2) is 51.3 Å². The van der Waals surface area contributed by atoms with Crippen LogP contribution in [0.5, 0.6) is 0 Å². The van der Waals surface area contributed by atoms with Crippen LogP contribution in [-0.4, -0.2) is 28.3 Å². The van der Waals surface area contributed by atoms with E-state index in [1.54, 1.807) is 38.1 Å². The SMILES string of the molecule is CCOC(=O)c1cccc(Sc2c(C)n(/C(N)=N/O)c3c(F)c(Cl)ccc23)c1. The molecule has 0 saturated heterocycles. The zero-order valence-electron chi connectivity index (χ0n) is 15.1. The summed E-state index contributed by atoms with van der Waals surface area (Å²) >= 11 is 7.25. The van der Waals surface area contributed by atoms with Crippen LogP contribution in [0.25, 0.3) is 10.9 Å². The quantitative estimate of drug-likeness (QED) is 0.211. The van der Waals surface area contributed by atoms with Gasteiger partial charge >= 0.3 is 5.97 Å². The Hall–Kier alpha value is -2.71. The highest BCUT2D eigenvalue weighted by atomic mass is 35.5. The molecule has 146 valence electrons. The van der Waals surface area contributed by atoms with Gasteiger partial charge < -0.3 is 15.7 Å². The molecule has 1 aromatic heterocycles. The molecule has 3 rings (SSSR count). The van der Waals surface area contributed by atoms with Crippen molar-refractivity contribution in [3.8, 4) is 0 Å². The fourth-order valence-electron chi connectivity index (χ4n) is 2.88. The Morgan fingerprint density at radius 3 is 2.82 bits per heavy atom. The summed E-state index contributed by atoms with van der Waals surface area (Å²) in [6, 6.07) is 10.0. The first kappa shape index (κ1) is 20.0. The van der Waals surface area contributed by atoms with Gasteiger partial charge in [-0.3, -0.25) is 4.57 Å². The molecule has 0 aliphatic heterocycles. The first-order valence-corrected chi connectivity index (χ1v) is 9.50. The van der Waals surface area contributed by atoms with Gasteiger partial charge in [-0.15, -0.1) is 0 Å². The molecule has 0 aliphatic carbocycles. The van der Waals surface area contributed by atoms with Crippen LogP contribution in [0.3, 0.4) is 0 Å². The van der Waals surface area contributed by atoms with Crippen molar-refractivity contribution in [2.24, 2.45) is 10.9 Å². The third-order valence-corrected chi connectivity index (χ3v) is 5.60. The second-order valence-corrected chi connectivity index (χ2v) is 7.31. The molecular formula is C19H17ClFN3O3S. The Labute approximate surface area is 169 Å². The number of ether oxygens (including phenoxy) is 1. The molecule has 0 radical (unpaired) electrons. The van der Waals surface area contributed by atoms with Gasteiger partial charge in [-0.2, -0.15) is 0 Å². The molecule has 1 heterocycles. The van der Waals surface area contributed by atoms with Crippen molar-refractivity contribution in [2.75, 3.05) is 6.61 Å². The highest BCUT2D eigenvalue weighted by molar-refractivity contribution is 7.99. The van der Waals surface area contributed by atoms with Gasteiger partial charge in [-0.1, -0.05) is 34.6 Å². The zero-order chi connectivity index (χ0) is 20.4. The molecule has 9 heteroatoms. The van der Waals surface area contributed by atoms with Gasteiger partial charge in [0.1, 0.15) is 0 Å². The second kappa shape index (κ2) is 8.12. The Kier molecular flexibility index (Phi) is 5.81. The molecule has 0 atom stereocenters. The third kappa shape index (κ3) is 3.53. The molecule has 0 spiro atoms. The van der Waals surface area contributed by atoms with Crippen LogP contribution >= 0.6 is 23.4 Å². The molecule has 6 nitrogen and oxygen atoms in total. The number of carbonyl (C=O) groups is 1. The van der Waals surface area contributed by atoms with Crippen molar-refractivity contribution in [1.82, 2.24) is 4.57 Å². The average Bonchev–Trinajstić information content (AvgIpc) is 2.97. The van der Waals surface area contributed by atoms with E-state index >= 15 is 0 Å². The van der Waals surface area contributed by atoms with Crippen LogP contribution < -0.4 is 5.73 Å². The number of benzene rings is 2. The van der Waals surface area contributed by atoms with E-state index in [1.807, 2.05) is 6.07 Å². The lowest BCUT2D eigenvalue weighted by Gasteiger charge is -2.07. The van der Waals surface area contributed by atoms with E-state index in [0.717, 1.165) is 4.90 Å². The lowest BCUT2D eigenvalue weighted by Crippen LogP contribution is -2.23. The van der Waals surface area contributed by atoms with Crippen molar-refractivity contribution in [3.05, 3.63) is 58.5 Å². The first-order chi connectivity index (χ1) is 13.4. The molecule has 0 fully saturated rings. The normalized spacial score (nSPS) is 11.8. The number of carbonyl (C=O) groups excluding carboxylic acids is 1. The maximum atomic E-state index is 14.7. The summed E-state index contributed by atoms with van der Waals surface area (Å²) in [5.74, 6) is -1.37. The smallest absolute Gasteiger partial charge is 0.338 e. The Morgan fingerprint density at radius 1 is 1.39 bits per heavy atom. The lowest BCUT2D eigenvalue weighted by molar-refractivity contribution is 0.0526. The maximum Gasteiger partial charge on any atom is 0.338 e. The molecular weight excluding hydrogens is 405 g/mol. The van der Waals surface area contributed by atoms with Gasteiger partial charge in [-0.25, -0.2) is 9.18 Å². The van der Waals surface area contributed by atoms with Gasteiger partial charge in [0.15, 0.2) is 5.82 Å². The highest BCUT2D eigenvalue weighted by Crippen LogP contribution is 2.40. The third-order valence-electron chi connectivity index (χ3n) is 4.10. The standard InChI is InChI=1S/C19H17ClFN3O3S/c1-3-27-18(25)11-5-4-6-12(9-11)28-17-10(2)24(19(22)23-26)16-13(17)7-8-14(20)15(16)21/h4-9,26H,3H2,1-2H3,(H2,22,23). The Balaban J connectivity index is 2.15. The predicted octanol–water partition coefficient (Wildman–Crippen LogP) is 4.62. The minimum absolute atomic E-state index is 0.0714. The van der Waals surface area contributed by atoms with Gasteiger partial charge in [-0.05, 0) is 44.2 Å². The topological polar surface area (TPSA) is 89.8 Å². The van der Waals surface area contributed by atoms with Crippen molar-refractivity contribution in [2.45, 2.75) is 23.6 Å². The number of fused-ring (bicyclic) bond motifs is 1. The molecule has 0 amide bonds. The van der Waals surface area contributed by atoms with Crippen molar-refractivity contribution in [1.29, 1.82) is 0 Å². The van der Waals surface area contributed by atoms with Crippen LogP contribution in [0.1, 0.15) is 23.0 Å². The number of aromatic nitrogens is 1. The largest absolute Gasteiger partial charge is 0.462 e. The first-order valence-electron chi connectivity index (χ1n) is 8.31. The summed E-state index contributed by atoms with van der Waals surface area (Å²) in [6.07, 6.45) is 0. The number of nitrogens with two attached hydrogens (primary N) is 1. The van der Waals surface area contributed by atoms with Crippen molar-refractivity contribution < 1.29 is 19.1 Å². The summed E-state index contributed by atoms with van der Waals surface area (Å²) in [6.45, 7) is 3.74. The summed E-state index contributed by atoms with van der Waals surface area (Å²) in [5, 5.41) is 12.6. The molecule has 0 unspecified atom stereocenters. The molecule has 0 aliphatic rings. The molecule has 2 aromatic carbocycles. The number of hydrogen-bond acceptors (Lipinski definition) is 5. The van der Waals surface area contributed by atoms with E-state index in [1.165, 1.54) is 22.4 Å². The molecule has 0 saturated carbocycles. The summed E-state index contributed by atoms with van der Waals surface area (Å²) < 4.78 is 21.1. The van der Waals surface area contributed by atoms with E-state index in [-0.39, 0.29) is 23.1 Å². The number of oxime groups is 1. The van der Waals surface area contributed by atoms with Crippen molar-refractivity contribution in [3.63, 3.8) is 0 Å². The summed E-state index contributed by atoms with van der Waals surface area (Å²) in [5.41, 5.74) is 6.87. The monoisotopic (exact) mass is 421 g/mol. The number of nitrogens with zero attached hydrogens (tertiary/aromatic N) is 2. The fourth-order valence-corrected chi connectivity index (χ4v) is 4.12. The Bertz CT molecular complexity index is 1100. The predicted molar refractivity (Wildman–Crippen MR) is 107 cm³/mol. The maximum absolute atomic E-state index is 14.7. The van der Waals surface area contributed by atoms with Crippen LogP contribution in [-0.2, 0) is 4.74 Å². The van der Waals surface area contributed by atoms with E-state index in [9.17, 15) is 9.18 Å². The summed E-state index contributed by atoms with van der Waals surface area (Å²) in [4.78, 5) is 13.4. The number of hydrogen-bond donors (Lipinski definition) is 2. The van der Waals surface area contributed by atoms with E-state index in [0.29, 0.717) is 21.5 Å². The zero-order valence-corrected chi connectivity index (χ0v) is 16.6. The molecule has 0 bridgehead atoms. The molecule has 28 heavy (non-hydrogen) atoms. The number of esters is 1. The van der Waals surface area contributed by atoms with Crippen molar-refractivity contribution >= 4 is 46.2 Å². The van der Waals surface area contributed by atoms with Gasteiger partial charge in [0, 0.05) is 20.9 Å². The average molecular weight is 422 g/mol. The minimum Gasteiger partial charge on any atom is -0.462 e. The highest BCUT2D eigenvalue weighted by Gasteiger charge is 2.22. The number of rotatable bonds is 4. The molecule has 3 aromatic rings. The number of halogens is 2. The Morgan fingerprint density at radius 2 is 2.14 bits per heavy atom. The summed E-state index contributed by atoms with van der Waals surface area (Å²) in [7, 11) is 0. The van der Waals surface area contributed by atoms with Gasteiger partial charge in [0.05, 0.1) is 22.7 Å². The molecule has 3 N–H and O–H groups in total. The fraction of sp³-hybridized carbons (Fsp3) is 0.158. The van der Waals surface area contributed by atoms with E-state index in [4.69, 9.17) is 27.3 Å².